The second-order valence-electron chi connectivity index (χ2n) is 9.09. The van der Waals surface area contributed by atoms with Crippen molar-refractivity contribution in [3.05, 3.63) is 64.8 Å². The van der Waals surface area contributed by atoms with Crippen molar-refractivity contribution in [3.8, 4) is 11.5 Å². The third-order valence-electron chi connectivity index (χ3n) is 7.76. The highest BCUT2D eigenvalue weighted by Crippen LogP contribution is 2.57. The molecule has 3 atom stereocenters. The second-order valence-corrected chi connectivity index (χ2v) is 9.09. The molecule has 2 heterocycles. The average molecular weight is 425 g/mol. The number of phenolic OH excluding ortho intramolecular Hbond substituents is 2. The van der Waals surface area contributed by atoms with Crippen LogP contribution in [-0.4, -0.2) is 50.4 Å². The molecule has 6 rings (SSSR count). The number of likely N-dealkylation sites (N-methyl/N-ethyl adjacent to an activating group) is 1. The largest absolute Gasteiger partial charge is 0.508 e. The first-order chi connectivity index (χ1) is 13.9. The lowest BCUT2D eigenvalue weighted by Crippen LogP contribution is -2.73. The second kappa shape index (κ2) is 6.33. The van der Waals surface area contributed by atoms with E-state index in [0.717, 1.165) is 47.1 Å². The standard InChI is InChI=1S/C24H24N2O3.ClH/c1-26-8-7-23-13-20-15(9-17-19(25-20)3-2-4-21(17)28)12-24(23,29)22(26)10-14-5-6-16(27)11-18(14)23;/h2-6,9,11,22,27-29H,7-8,10,12-13H2,1H3;1H/t22-,23-,24-;/m1./s1. The lowest BCUT2D eigenvalue weighted by molar-refractivity contribution is -0.145. The number of aromatic hydroxyl groups is 2. The summed E-state index contributed by atoms with van der Waals surface area (Å²) in [6.45, 7) is 0.909. The number of hydrogen-bond donors (Lipinski definition) is 3. The number of benzene rings is 2. The van der Waals surface area contributed by atoms with Gasteiger partial charge in [0.25, 0.3) is 0 Å². The summed E-state index contributed by atoms with van der Waals surface area (Å²) in [5.74, 6) is 0.473. The van der Waals surface area contributed by atoms with Gasteiger partial charge >= 0.3 is 0 Å². The number of pyridine rings is 1. The number of aliphatic hydroxyl groups is 1. The van der Waals surface area contributed by atoms with E-state index >= 15 is 0 Å². The number of aromatic nitrogens is 1. The maximum absolute atomic E-state index is 12.2. The van der Waals surface area contributed by atoms with Gasteiger partial charge in [0.05, 0.1) is 11.1 Å². The number of phenols is 2. The van der Waals surface area contributed by atoms with Gasteiger partial charge in [0, 0.05) is 35.4 Å². The molecule has 0 radical (unpaired) electrons. The topological polar surface area (TPSA) is 76.8 Å². The van der Waals surface area contributed by atoms with Crippen LogP contribution in [0, 0.1) is 0 Å². The predicted molar refractivity (Wildman–Crippen MR) is 118 cm³/mol. The summed E-state index contributed by atoms with van der Waals surface area (Å²) in [7, 11) is 2.10. The SMILES string of the molecule is CN1CC[C@]23Cc4nc5cccc(O)c5cc4C[C@@]2(O)[C@H]1Cc1ccc(O)cc13.Cl. The Kier molecular flexibility index (Phi) is 4.14. The van der Waals surface area contributed by atoms with E-state index in [4.69, 9.17) is 4.98 Å². The Hall–Kier alpha value is -2.34. The molecule has 0 amide bonds. The van der Waals surface area contributed by atoms with Crippen LogP contribution in [0.4, 0.5) is 0 Å². The van der Waals surface area contributed by atoms with E-state index in [9.17, 15) is 15.3 Å². The number of rotatable bonds is 0. The number of fused-ring (bicyclic) bond motifs is 3. The molecule has 2 aromatic carbocycles. The zero-order valence-corrected chi connectivity index (χ0v) is 17.6. The monoisotopic (exact) mass is 424 g/mol. The minimum Gasteiger partial charge on any atom is -0.508 e. The molecule has 3 aromatic rings. The van der Waals surface area contributed by atoms with Gasteiger partial charge in [0.2, 0.25) is 0 Å². The molecule has 2 bridgehead atoms. The van der Waals surface area contributed by atoms with Crippen molar-refractivity contribution >= 4 is 23.3 Å². The van der Waals surface area contributed by atoms with Crippen LogP contribution in [0.15, 0.2) is 42.5 Å². The molecular weight excluding hydrogens is 400 g/mol. The Morgan fingerprint density at radius 3 is 2.73 bits per heavy atom. The van der Waals surface area contributed by atoms with Gasteiger partial charge in [-0.2, -0.15) is 0 Å². The highest BCUT2D eigenvalue weighted by molar-refractivity contribution is 5.86. The van der Waals surface area contributed by atoms with Crippen molar-refractivity contribution in [2.24, 2.45) is 0 Å². The molecule has 6 heteroatoms. The molecule has 1 saturated heterocycles. The zero-order chi connectivity index (χ0) is 20.0. The van der Waals surface area contributed by atoms with Crippen molar-refractivity contribution in [2.45, 2.75) is 42.7 Å². The van der Waals surface area contributed by atoms with Crippen molar-refractivity contribution in [1.29, 1.82) is 0 Å². The molecule has 1 aliphatic heterocycles. The van der Waals surface area contributed by atoms with E-state index in [1.807, 2.05) is 30.3 Å². The summed E-state index contributed by atoms with van der Waals surface area (Å²) < 4.78 is 0. The van der Waals surface area contributed by atoms with Crippen LogP contribution in [0.5, 0.6) is 11.5 Å². The molecule has 30 heavy (non-hydrogen) atoms. The maximum atomic E-state index is 12.2. The Labute approximate surface area is 181 Å². The normalized spacial score (nSPS) is 29.5. The quantitative estimate of drug-likeness (QED) is 0.517. The van der Waals surface area contributed by atoms with Crippen LogP contribution in [0.1, 0.15) is 28.8 Å². The third kappa shape index (κ3) is 2.34. The van der Waals surface area contributed by atoms with Crippen LogP contribution in [-0.2, 0) is 24.7 Å². The van der Waals surface area contributed by atoms with Gasteiger partial charge in [-0.25, -0.2) is 0 Å². The zero-order valence-electron chi connectivity index (χ0n) is 16.8. The van der Waals surface area contributed by atoms with E-state index in [1.54, 1.807) is 12.1 Å². The third-order valence-corrected chi connectivity index (χ3v) is 7.76. The van der Waals surface area contributed by atoms with Crippen molar-refractivity contribution in [3.63, 3.8) is 0 Å². The van der Waals surface area contributed by atoms with Crippen LogP contribution >= 0.6 is 12.4 Å². The fourth-order valence-corrected chi connectivity index (χ4v) is 6.28. The number of nitrogens with zero attached hydrogens (tertiary/aromatic N) is 2. The van der Waals surface area contributed by atoms with Gasteiger partial charge in [-0.3, -0.25) is 4.98 Å². The first-order valence-corrected chi connectivity index (χ1v) is 10.3. The van der Waals surface area contributed by atoms with Crippen molar-refractivity contribution < 1.29 is 15.3 Å². The van der Waals surface area contributed by atoms with Gasteiger partial charge in [-0.1, -0.05) is 12.1 Å². The summed E-state index contributed by atoms with van der Waals surface area (Å²) >= 11 is 0. The molecule has 1 fully saturated rings. The number of hydrogen-bond acceptors (Lipinski definition) is 5. The first-order valence-electron chi connectivity index (χ1n) is 10.3. The summed E-state index contributed by atoms with van der Waals surface area (Å²) in [5.41, 5.74) is 3.68. The van der Waals surface area contributed by atoms with E-state index in [0.29, 0.717) is 12.8 Å². The van der Waals surface area contributed by atoms with E-state index < -0.39 is 11.0 Å². The fraction of sp³-hybridized carbons (Fsp3) is 0.375. The van der Waals surface area contributed by atoms with Gasteiger partial charge in [0.15, 0.2) is 0 Å². The Bertz CT molecular complexity index is 1180. The minimum atomic E-state index is -0.937. The number of likely N-dealkylation sites (tertiary alicyclic amines) is 1. The molecule has 5 nitrogen and oxygen atoms in total. The maximum Gasteiger partial charge on any atom is 0.124 e. The Morgan fingerprint density at radius 1 is 1.07 bits per heavy atom. The van der Waals surface area contributed by atoms with Crippen molar-refractivity contribution in [1.82, 2.24) is 9.88 Å². The minimum absolute atomic E-state index is 0. The summed E-state index contributed by atoms with van der Waals surface area (Å²) in [5, 5.41) is 33.5. The van der Waals surface area contributed by atoms with Crippen LogP contribution in [0.25, 0.3) is 10.9 Å². The molecular formula is C24H25ClN2O3. The van der Waals surface area contributed by atoms with Gasteiger partial charge in [-0.05, 0) is 73.5 Å². The van der Waals surface area contributed by atoms with Crippen LogP contribution in [0.3, 0.4) is 0 Å². The molecule has 0 saturated carbocycles. The Balaban J connectivity index is 0.00000193. The number of halogens is 1. The molecule has 156 valence electrons. The van der Waals surface area contributed by atoms with E-state index in [1.165, 1.54) is 5.56 Å². The molecule has 0 spiro atoms. The smallest absolute Gasteiger partial charge is 0.124 e. The lowest BCUT2D eigenvalue weighted by atomic mass is 9.49. The fourth-order valence-electron chi connectivity index (χ4n) is 6.28. The predicted octanol–water partition coefficient (Wildman–Crippen LogP) is 3.10. The first kappa shape index (κ1) is 19.6. The van der Waals surface area contributed by atoms with Crippen LogP contribution < -0.4 is 0 Å². The highest BCUT2D eigenvalue weighted by Gasteiger charge is 2.64. The molecule has 3 aliphatic rings. The van der Waals surface area contributed by atoms with Gasteiger partial charge < -0.3 is 20.2 Å². The van der Waals surface area contributed by atoms with Crippen LogP contribution in [0.2, 0.25) is 0 Å². The average Bonchev–Trinajstić information content (AvgIpc) is 2.69. The lowest BCUT2D eigenvalue weighted by Gasteiger charge is -2.63. The highest BCUT2D eigenvalue weighted by atomic mass is 35.5. The van der Waals surface area contributed by atoms with Gasteiger partial charge in [0.1, 0.15) is 11.5 Å². The summed E-state index contributed by atoms with van der Waals surface area (Å²) in [4.78, 5) is 7.19. The molecule has 2 aliphatic carbocycles. The number of piperidine rings is 1. The summed E-state index contributed by atoms with van der Waals surface area (Å²) in [6, 6.07) is 13.1. The molecule has 3 N–H and O–H groups in total. The van der Waals surface area contributed by atoms with E-state index in [2.05, 4.69) is 11.9 Å². The Morgan fingerprint density at radius 2 is 1.90 bits per heavy atom. The van der Waals surface area contributed by atoms with E-state index in [-0.39, 0.29) is 29.9 Å². The summed E-state index contributed by atoms with van der Waals surface area (Å²) in [6.07, 6.45) is 2.74. The van der Waals surface area contributed by atoms with Crippen molar-refractivity contribution in [2.75, 3.05) is 13.6 Å². The van der Waals surface area contributed by atoms with Gasteiger partial charge in [-0.15, -0.1) is 12.4 Å². The molecule has 0 unspecified atom stereocenters. The molecule has 1 aromatic heterocycles.